The summed E-state index contributed by atoms with van der Waals surface area (Å²) < 4.78 is 26.7. The van der Waals surface area contributed by atoms with Crippen molar-refractivity contribution in [2.75, 3.05) is 0 Å². The summed E-state index contributed by atoms with van der Waals surface area (Å²) in [5.74, 6) is -0.607. The highest BCUT2D eigenvalue weighted by Crippen LogP contribution is 2.25. The molecule has 1 heterocycles. The lowest BCUT2D eigenvalue weighted by atomic mass is 10.1. The molecule has 1 aromatic heterocycles. The number of hydrogen-bond donors (Lipinski definition) is 2. The number of aromatic nitrogens is 1. The van der Waals surface area contributed by atoms with Crippen molar-refractivity contribution in [1.82, 2.24) is 9.71 Å². The lowest BCUT2D eigenvalue weighted by Gasteiger charge is -2.12. The lowest BCUT2D eigenvalue weighted by molar-refractivity contribution is 0.0696. The van der Waals surface area contributed by atoms with E-state index < -0.39 is 16.0 Å². The number of carbonyl (C=O) groups is 1. The molecule has 0 aromatic carbocycles. The van der Waals surface area contributed by atoms with Crippen LogP contribution < -0.4 is 4.72 Å². The molecule has 1 aromatic rings. The predicted molar refractivity (Wildman–Crippen MR) is 68.3 cm³/mol. The van der Waals surface area contributed by atoms with Crippen LogP contribution in [0.4, 0.5) is 0 Å². The normalized spacial score (nSPS) is 23.4. The number of sulfonamides is 1. The van der Waals surface area contributed by atoms with E-state index in [4.69, 9.17) is 5.11 Å². The van der Waals surface area contributed by atoms with Crippen molar-refractivity contribution >= 4 is 16.0 Å². The number of aromatic carboxylic acids is 1. The SMILES string of the molecule is CC1CCC(NS(=O)(=O)c2ccc(C(=O)O)cn2)C1. The Morgan fingerprint density at radius 3 is 2.63 bits per heavy atom. The Bertz CT molecular complexity index is 568. The molecule has 0 aliphatic heterocycles. The Hall–Kier alpha value is -1.47. The molecule has 2 rings (SSSR count). The van der Waals surface area contributed by atoms with E-state index in [1.165, 1.54) is 12.1 Å². The van der Waals surface area contributed by atoms with Gasteiger partial charge in [0.05, 0.1) is 5.56 Å². The van der Waals surface area contributed by atoms with E-state index in [1.54, 1.807) is 0 Å². The molecule has 1 fully saturated rings. The average molecular weight is 284 g/mol. The fourth-order valence-electron chi connectivity index (χ4n) is 2.26. The fourth-order valence-corrected chi connectivity index (χ4v) is 3.47. The molecule has 0 amide bonds. The summed E-state index contributed by atoms with van der Waals surface area (Å²) in [6.45, 7) is 2.09. The summed E-state index contributed by atoms with van der Waals surface area (Å²) >= 11 is 0. The molecule has 6 nitrogen and oxygen atoms in total. The molecular weight excluding hydrogens is 268 g/mol. The highest BCUT2D eigenvalue weighted by atomic mass is 32.2. The molecule has 104 valence electrons. The maximum Gasteiger partial charge on any atom is 0.337 e. The Kier molecular flexibility index (Phi) is 3.86. The van der Waals surface area contributed by atoms with Gasteiger partial charge < -0.3 is 5.11 Å². The number of pyridine rings is 1. The van der Waals surface area contributed by atoms with Crippen molar-refractivity contribution in [3.63, 3.8) is 0 Å². The minimum atomic E-state index is -3.66. The maximum absolute atomic E-state index is 12.1. The number of nitrogens with one attached hydrogen (secondary N) is 1. The fraction of sp³-hybridized carbons (Fsp3) is 0.500. The molecular formula is C12H16N2O4S. The van der Waals surface area contributed by atoms with E-state index in [2.05, 4.69) is 16.6 Å². The van der Waals surface area contributed by atoms with Gasteiger partial charge in [0, 0.05) is 12.2 Å². The van der Waals surface area contributed by atoms with Gasteiger partial charge in [0.2, 0.25) is 0 Å². The largest absolute Gasteiger partial charge is 0.478 e. The van der Waals surface area contributed by atoms with Crippen molar-refractivity contribution in [2.24, 2.45) is 5.92 Å². The van der Waals surface area contributed by atoms with E-state index in [-0.39, 0.29) is 16.6 Å². The predicted octanol–water partition coefficient (Wildman–Crippen LogP) is 1.25. The molecule has 2 unspecified atom stereocenters. The average Bonchev–Trinajstić information content (AvgIpc) is 2.74. The summed E-state index contributed by atoms with van der Waals surface area (Å²) in [4.78, 5) is 14.4. The van der Waals surface area contributed by atoms with Crippen molar-refractivity contribution in [2.45, 2.75) is 37.3 Å². The van der Waals surface area contributed by atoms with Gasteiger partial charge in [-0.15, -0.1) is 0 Å². The topological polar surface area (TPSA) is 96.4 Å². The summed E-state index contributed by atoms with van der Waals surface area (Å²) in [5.41, 5.74) is -0.0339. The first-order valence-corrected chi connectivity index (χ1v) is 7.58. The van der Waals surface area contributed by atoms with Crippen molar-refractivity contribution < 1.29 is 18.3 Å². The molecule has 0 spiro atoms. The molecule has 1 aliphatic rings. The van der Waals surface area contributed by atoms with Gasteiger partial charge in [-0.05, 0) is 37.3 Å². The van der Waals surface area contributed by atoms with Gasteiger partial charge in [0.25, 0.3) is 10.0 Å². The van der Waals surface area contributed by atoms with E-state index in [9.17, 15) is 13.2 Å². The Balaban J connectivity index is 2.13. The van der Waals surface area contributed by atoms with Crippen LogP contribution >= 0.6 is 0 Å². The third kappa shape index (κ3) is 3.30. The van der Waals surface area contributed by atoms with Crippen LogP contribution in [0.25, 0.3) is 0 Å². The third-order valence-corrected chi connectivity index (χ3v) is 4.71. The maximum atomic E-state index is 12.1. The molecule has 7 heteroatoms. The van der Waals surface area contributed by atoms with Gasteiger partial charge in [0.15, 0.2) is 5.03 Å². The number of nitrogens with zero attached hydrogens (tertiary/aromatic N) is 1. The van der Waals surface area contributed by atoms with Gasteiger partial charge in [0.1, 0.15) is 0 Å². The van der Waals surface area contributed by atoms with E-state index in [0.29, 0.717) is 5.92 Å². The second-order valence-electron chi connectivity index (χ2n) is 4.93. The number of rotatable bonds is 4. The quantitative estimate of drug-likeness (QED) is 0.867. The standard InChI is InChI=1S/C12H16N2O4S/c1-8-2-4-10(6-8)14-19(17,18)11-5-3-9(7-13-11)12(15)16/h3,5,7-8,10,14H,2,4,6H2,1H3,(H,15,16). The summed E-state index contributed by atoms with van der Waals surface area (Å²) in [6.07, 6.45) is 3.72. The zero-order valence-electron chi connectivity index (χ0n) is 10.5. The van der Waals surface area contributed by atoms with Crippen LogP contribution in [0.5, 0.6) is 0 Å². The van der Waals surface area contributed by atoms with Gasteiger partial charge in [-0.25, -0.2) is 22.9 Å². The summed E-state index contributed by atoms with van der Waals surface area (Å²) in [5, 5.41) is 8.59. The van der Waals surface area contributed by atoms with Crippen molar-refractivity contribution in [1.29, 1.82) is 0 Å². The Morgan fingerprint density at radius 2 is 2.16 bits per heavy atom. The molecule has 2 N–H and O–H groups in total. The first kappa shape index (κ1) is 14.0. The van der Waals surface area contributed by atoms with Crippen LogP contribution in [0.2, 0.25) is 0 Å². The number of hydrogen-bond acceptors (Lipinski definition) is 4. The first-order chi connectivity index (χ1) is 8.88. The smallest absolute Gasteiger partial charge is 0.337 e. The van der Waals surface area contributed by atoms with Crippen LogP contribution in [0.15, 0.2) is 23.4 Å². The van der Waals surface area contributed by atoms with Gasteiger partial charge in [-0.1, -0.05) is 6.92 Å². The Morgan fingerprint density at radius 1 is 1.42 bits per heavy atom. The van der Waals surface area contributed by atoms with Crippen LogP contribution in [0, 0.1) is 5.92 Å². The minimum absolute atomic E-state index is 0.0339. The van der Waals surface area contributed by atoms with Crippen LogP contribution in [-0.2, 0) is 10.0 Å². The molecule has 0 radical (unpaired) electrons. The Labute approximate surface area is 111 Å². The third-order valence-electron chi connectivity index (χ3n) is 3.28. The van der Waals surface area contributed by atoms with Gasteiger partial charge >= 0.3 is 5.97 Å². The van der Waals surface area contributed by atoms with Crippen LogP contribution in [-0.4, -0.2) is 30.5 Å². The minimum Gasteiger partial charge on any atom is -0.478 e. The van der Waals surface area contributed by atoms with E-state index in [1.807, 2.05) is 0 Å². The second kappa shape index (κ2) is 5.26. The summed E-state index contributed by atoms with van der Waals surface area (Å²) in [7, 11) is -3.66. The summed E-state index contributed by atoms with van der Waals surface area (Å²) in [6, 6.07) is 2.40. The molecule has 2 atom stereocenters. The number of carboxylic acids is 1. The lowest BCUT2D eigenvalue weighted by Crippen LogP contribution is -2.33. The zero-order valence-corrected chi connectivity index (χ0v) is 11.4. The molecule has 0 bridgehead atoms. The van der Waals surface area contributed by atoms with Crippen molar-refractivity contribution in [3.05, 3.63) is 23.9 Å². The van der Waals surface area contributed by atoms with Crippen LogP contribution in [0.3, 0.4) is 0 Å². The van der Waals surface area contributed by atoms with Gasteiger partial charge in [-0.3, -0.25) is 0 Å². The van der Waals surface area contributed by atoms with E-state index >= 15 is 0 Å². The monoisotopic (exact) mass is 284 g/mol. The zero-order chi connectivity index (χ0) is 14.0. The molecule has 0 saturated heterocycles. The highest BCUT2D eigenvalue weighted by molar-refractivity contribution is 7.89. The number of carboxylic acid groups (broad SMARTS) is 1. The molecule has 1 saturated carbocycles. The first-order valence-electron chi connectivity index (χ1n) is 6.10. The molecule has 1 aliphatic carbocycles. The van der Waals surface area contributed by atoms with Crippen molar-refractivity contribution in [3.8, 4) is 0 Å². The van der Waals surface area contributed by atoms with Crippen LogP contribution in [0.1, 0.15) is 36.5 Å². The second-order valence-corrected chi connectivity index (χ2v) is 6.59. The van der Waals surface area contributed by atoms with E-state index in [0.717, 1.165) is 25.5 Å². The highest BCUT2D eigenvalue weighted by Gasteiger charge is 2.27. The molecule has 19 heavy (non-hydrogen) atoms. The van der Waals surface area contributed by atoms with Gasteiger partial charge in [-0.2, -0.15) is 0 Å².